The first-order chi connectivity index (χ1) is 14.0. The van der Waals surface area contributed by atoms with Crippen LogP contribution < -0.4 is 5.32 Å². The van der Waals surface area contributed by atoms with Gasteiger partial charge in [-0.25, -0.2) is 8.42 Å². The number of ether oxygens (including phenoxy) is 1. The van der Waals surface area contributed by atoms with E-state index in [1.807, 2.05) is 30.3 Å². The minimum Gasteiger partial charge on any atom is -0.379 e. The van der Waals surface area contributed by atoms with Crippen LogP contribution >= 0.6 is 11.6 Å². The number of hydrogen-bond acceptors (Lipinski definition) is 4. The van der Waals surface area contributed by atoms with Crippen LogP contribution in [0.25, 0.3) is 0 Å². The first-order valence-corrected chi connectivity index (χ1v) is 11.8. The lowest BCUT2D eigenvalue weighted by Crippen LogP contribution is -2.40. The Morgan fingerprint density at radius 1 is 1.07 bits per heavy atom. The van der Waals surface area contributed by atoms with Gasteiger partial charge in [-0.3, -0.25) is 0 Å². The highest BCUT2D eigenvalue weighted by Gasteiger charge is 2.38. The molecule has 0 amide bonds. The molecule has 2 aromatic rings. The maximum absolute atomic E-state index is 12.9. The summed E-state index contributed by atoms with van der Waals surface area (Å²) in [5.41, 5.74) is 3.43. The van der Waals surface area contributed by atoms with Crippen molar-refractivity contribution in [3.63, 3.8) is 0 Å². The molecule has 3 atom stereocenters. The van der Waals surface area contributed by atoms with Gasteiger partial charge in [0.1, 0.15) is 0 Å². The van der Waals surface area contributed by atoms with Gasteiger partial charge in [-0.15, -0.1) is 0 Å². The third-order valence-corrected chi connectivity index (χ3v) is 8.32. The summed E-state index contributed by atoms with van der Waals surface area (Å²) in [5, 5.41) is 4.41. The van der Waals surface area contributed by atoms with Crippen LogP contribution in [0.3, 0.4) is 0 Å². The molecular formula is C22H23ClN2O3S. The van der Waals surface area contributed by atoms with E-state index in [2.05, 4.69) is 17.5 Å². The summed E-state index contributed by atoms with van der Waals surface area (Å²) in [7, 11) is -3.47. The highest BCUT2D eigenvalue weighted by Crippen LogP contribution is 2.50. The lowest BCUT2D eigenvalue weighted by atomic mass is 9.77. The van der Waals surface area contributed by atoms with Gasteiger partial charge in [0.15, 0.2) is 0 Å². The van der Waals surface area contributed by atoms with Crippen LogP contribution in [0, 0.1) is 5.92 Å². The molecule has 5 nitrogen and oxygen atoms in total. The van der Waals surface area contributed by atoms with Crippen LogP contribution in [0.2, 0.25) is 5.02 Å². The van der Waals surface area contributed by atoms with E-state index in [0.29, 0.717) is 43.0 Å². The van der Waals surface area contributed by atoms with E-state index < -0.39 is 10.0 Å². The van der Waals surface area contributed by atoms with Gasteiger partial charge in [-0.05, 0) is 53.8 Å². The molecule has 0 aromatic heterocycles. The smallest absolute Gasteiger partial charge is 0.243 e. The molecule has 0 unspecified atom stereocenters. The highest BCUT2D eigenvalue weighted by atomic mass is 35.5. The largest absolute Gasteiger partial charge is 0.379 e. The van der Waals surface area contributed by atoms with Crippen LogP contribution in [-0.4, -0.2) is 39.0 Å². The van der Waals surface area contributed by atoms with Crippen molar-refractivity contribution in [1.82, 2.24) is 4.31 Å². The molecule has 1 saturated heterocycles. The van der Waals surface area contributed by atoms with Crippen molar-refractivity contribution in [2.24, 2.45) is 5.92 Å². The van der Waals surface area contributed by atoms with Crippen molar-refractivity contribution >= 4 is 27.3 Å². The molecule has 29 heavy (non-hydrogen) atoms. The number of nitrogens with zero attached hydrogens (tertiary/aromatic N) is 1. The van der Waals surface area contributed by atoms with Gasteiger partial charge in [0.25, 0.3) is 0 Å². The summed E-state index contributed by atoms with van der Waals surface area (Å²) in [4.78, 5) is 0.340. The second-order valence-electron chi connectivity index (χ2n) is 7.79. The number of halogens is 1. The van der Waals surface area contributed by atoms with Gasteiger partial charge >= 0.3 is 0 Å². The van der Waals surface area contributed by atoms with E-state index in [0.717, 1.165) is 22.7 Å². The molecule has 1 aliphatic carbocycles. The number of sulfonamides is 1. The van der Waals surface area contributed by atoms with E-state index >= 15 is 0 Å². The monoisotopic (exact) mass is 430 g/mol. The third kappa shape index (κ3) is 3.38. The summed E-state index contributed by atoms with van der Waals surface area (Å²) in [6, 6.07) is 13.5. The molecule has 2 aromatic carbocycles. The van der Waals surface area contributed by atoms with Gasteiger partial charge in [-0.1, -0.05) is 35.9 Å². The molecular weight excluding hydrogens is 408 g/mol. The predicted octanol–water partition coefficient (Wildman–Crippen LogP) is 4.19. The Hall–Kier alpha value is -1.86. The van der Waals surface area contributed by atoms with Crippen molar-refractivity contribution in [2.45, 2.75) is 23.3 Å². The Morgan fingerprint density at radius 3 is 2.59 bits per heavy atom. The molecule has 2 aliphatic heterocycles. The van der Waals surface area contributed by atoms with Gasteiger partial charge in [0.2, 0.25) is 10.0 Å². The molecule has 0 bridgehead atoms. The lowest BCUT2D eigenvalue weighted by molar-refractivity contribution is 0.0730. The van der Waals surface area contributed by atoms with Gasteiger partial charge in [-0.2, -0.15) is 4.31 Å². The van der Waals surface area contributed by atoms with Gasteiger partial charge in [0, 0.05) is 29.7 Å². The quantitative estimate of drug-likeness (QED) is 0.742. The Morgan fingerprint density at radius 2 is 1.83 bits per heavy atom. The predicted molar refractivity (Wildman–Crippen MR) is 114 cm³/mol. The zero-order valence-corrected chi connectivity index (χ0v) is 17.5. The number of benzene rings is 2. The summed E-state index contributed by atoms with van der Waals surface area (Å²) in [5.74, 6) is 0.717. The number of hydrogen-bond donors (Lipinski definition) is 1. The molecule has 0 spiro atoms. The van der Waals surface area contributed by atoms with Crippen molar-refractivity contribution < 1.29 is 13.2 Å². The van der Waals surface area contributed by atoms with Crippen molar-refractivity contribution in [3.8, 4) is 0 Å². The first-order valence-electron chi connectivity index (χ1n) is 9.94. The Kier molecular flexibility index (Phi) is 4.90. The fourth-order valence-corrected chi connectivity index (χ4v) is 6.27. The maximum Gasteiger partial charge on any atom is 0.243 e. The van der Waals surface area contributed by atoms with Gasteiger partial charge < -0.3 is 10.1 Å². The average molecular weight is 431 g/mol. The molecule has 5 rings (SSSR count). The highest BCUT2D eigenvalue weighted by molar-refractivity contribution is 7.89. The minimum atomic E-state index is -3.47. The average Bonchev–Trinajstić information content (AvgIpc) is 3.24. The van der Waals surface area contributed by atoms with Crippen LogP contribution in [-0.2, 0) is 14.8 Å². The molecule has 1 N–H and O–H groups in total. The Labute approximate surface area is 176 Å². The van der Waals surface area contributed by atoms with E-state index in [1.165, 1.54) is 9.87 Å². The molecule has 152 valence electrons. The van der Waals surface area contributed by atoms with Crippen LogP contribution in [0.15, 0.2) is 59.5 Å². The fraction of sp³-hybridized carbons (Fsp3) is 0.364. The van der Waals surface area contributed by atoms with Crippen LogP contribution in [0.4, 0.5) is 5.69 Å². The second-order valence-corrected chi connectivity index (χ2v) is 10.2. The zero-order valence-electron chi connectivity index (χ0n) is 15.9. The summed E-state index contributed by atoms with van der Waals surface area (Å²) < 4.78 is 32.5. The standard InChI is InChI=1S/C22H23ClN2O3S/c23-16-6-9-21-20(14-16)18-2-1-3-19(18)22(24-21)15-4-7-17(8-5-15)29(26,27)25-10-12-28-13-11-25/h1-2,4-9,14,18-19,22,24H,3,10-13H2/t18-,19+,22-/m0/s1. The molecule has 2 heterocycles. The summed E-state index contributed by atoms with van der Waals surface area (Å²) in [6.45, 7) is 1.71. The van der Waals surface area contributed by atoms with Crippen LogP contribution in [0.5, 0.6) is 0 Å². The van der Waals surface area contributed by atoms with E-state index in [9.17, 15) is 8.42 Å². The maximum atomic E-state index is 12.9. The van der Waals surface area contributed by atoms with E-state index in [1.54, 1.807) is 12.1 Å². The molecule has 0 saturated carbocycles. The van der Waals surface area contributed by atoms with Crippen molar-refractivity contribution in [2.75, 3.05) is 31.6 Å². The normalized spacial score (nSPS) is 26.6. The van der Waals surface area contributed by atoms with Crippen LogP contribution in [0.1, 0.15) is 29.5 Å². The Bertz CT molecular complexity index is 1050. The second kappa shape index (κ2) is 7.43. The number of allylic oxidation sites excluding steroid dienone is 2. The third-order valence-electron chi connectivity index (χ3n) is 6.17. The number of nitrogens with one attached hydrogen (secondary N) is 1. The number of anilines is 1. The number of morpholine rings is 1. The van der Waals surface area contributed by atoms with E-state index in [-0.39, 0.29) is 6.04 Å². The van der Waals surface area contributed by atoms with Crippen molar-refractivity contribution in [1.29, 1.82) is 0 Å². The number of rotatable bonds is 3. The minimum absolute atomic E-state index is 0.129. The first kappa shape index (κ1) is 19.1. The number of fused-ring (bicyclic) bond motifs is 3. The lowest BCUT2D eigenvalue weighted by Gasteiger charge is -2.37. The molecule has 3 aliphatic rings. The van der Waals surface area contributed by atoms with Gasteiger partial charge in [0.05, 0.1) is 24.2 Å². The Balaban J connectivity index is 1.44. The summed E-state index contributed by atoms with van der Waals surface area (Å²) in [6.07, 6.45) is 5.49. The summed E-state index contributed by atoms with van der Waals surface area (Å²) >= 11 is 6.22. The van der Waals surface area contributed by atoms with Crippen molar-refractivity contribution in [3.05, 3.63) is 70.8 Å². The SMILES string of the molecule is O=S(=O)(c1ccc([C@@H]2Nc3ccc(Cl)cc3[C@H]3C=CC[C@H]32)cc1)N1CCOCC1. The zero-order chi connectivity index (χ0) is 20.0. The topological polar surface area (TPSA) is 58.6 Å². The van der Waals surface area contributed by atoms with E-state index in [4.69, 9.17) is 16.3 Å². The molecule has 7 heteroatoms. The fourth-order valence-electron chi connectivity index (χ4n) is 4.68. The molecule has 0 radical (unpaired) electrons. The molecule has 1 fully saturated rings.